The van der Waals surface area contributed by atoms with Gasteiger partial charge in [0.05, 0.1) is 13.2 Å². The van der Waals surface area contributed by atoms with E-state index in [1.54, 1.807) is 0 Å². The van der Waals surface area contributed by atoms with Crippen molar-refractivity contribution in [2.45, 2.75) is 70.9 Å². The van der Waals surface area contributed by atoms with Crippen LogP contribution in [0.4, 0.5) is 0 Å². The fourth-order valence-corrected chi connectivity index (χ4v) is 9.56. The van der Waals surface area contributed by atoms with Gasteiger partial charge in [0.25, 0.3) is 0 Å². The second kappa shape index (κ2) is 6.63. The van der Waals surface area contributed by atoms with Gasteiger partial charge < -0.3 is 9.16 Å². The molecule has 0 bridgehead atoms. The molecular weight excluding hydrogens is 276 g/mol. The SMILES string of the molecule is CC(C)[Si](OCC1OCc2ccccc21)(C(C)C)C(C)C. The molecule has 21 heavy (non-hydrogen) atoms. The van der Waals surface area contributed by atoms with Crippen molar-refractivity contribution < 1.29 is 9.16 Å². The lowest BCUT2D eigenvalue weighted by molar-refractivity contribution is 0.0258. The zero-order valence-electron chi connectivity index (χ0n) is 14.3. The highest BCUT2D eigenvalue weighted by molar-refractivity contribution is 6.77. The quantitative estimate of drug-likeness (QED) is 0.651. The van der Waals surface area contributed by atoms with Crippen molar-refractivity contribution >= 4 is 8.32 Å². The highest BCUT2D eigenvalue weighted by Gasteiger charge is 2.45. The Morgan fingerprint density at radius 1 is 1.05 bits per heavy atom. The third-order valence-corrected chi connectivity index (χ3v) is 11.1. The summed E-state index contributed by atoms with van der Waals surface area (Å²) in [5.74, 6) is 0. The number of hydrogen-bond donors (Lipinski definition) is 0. The molecule has 3 heteroatoms. The molecule has 0 radical (unpaired) electrons. The Balaban J connectivity index is 2.13. The Morgan fingerprint density at radius 2 is 1.62 bits per heavy atom. The molecule has 1 aliphatic rings. The monoisotopic (exact) mass is 306 g/mol. The van der Waals surface area contributed by atoms with Crippen LogP contribution < -0.4 is 0 Å². The van der Waals surface area contributed by atoms with Crippen LogP contribution in [0.15, 0.2) is 24.3 Å². The van der Waals surface area contributed by atoms with Gasteiger partial charge >= 0.3 is 0 Å². The molecule has 2 nitrogen and oxygen atoms in total. The van der Waals surface area contributed by atoms with E-state index in [1.807, 2.05) is 0 Å². The molecule has 0 saturated carbocycles. The number of rotatable bonds is 6. The van der Waals surface area contributed by atoms with Crippen LogP contribution in [0.5, 0.6) is 0 Å². The maximum absolute atomic E-state index is 6.67. The maximum atomic E-state index is 6.67. The topological polar surface area (TPSA) is 18.5 Å². The van der Waals surface area contributed by atoms with Crippen molar-refractivity contribution in [3.05, 3.63) is 35.4 Å². The van der Waals surface area contributed by atoms with Crippen LogP contribution in [-0.4, -0.2) is 14.9 Å². The van der Waals surface area contributed by atoms with E-state index in [0.717, 1.165) is 6.61 Å². The van der Waals surface area contributed by atoms with E-state index in [0.29, 0.717) is 23.2 Å². The average Bonchev–Trinajstić information content (AvgIpc) is 2.82. The lowest BCUT2D eigenvalue weighted by Gasteiger charge is -2.42. The first-order chi connectivity index (χ1) is 9.89. The summed E-state index contributed by atoms with van der Waals surface area (Å²) in [4.78, 5) is 0. The van der Waals surface area contributed by atoms with Crippen molar-refractivity contribution in [1.82, 2.24) is 0 Å². The molecule has 0 N–H and O–H groups in total. The summed E-state index contributed by atoms with van der Waals surface area (Å²) < 4.78 is 12.6. The van der Waals surface area contributed by atoms with Crippen molar-refractivity contribution in [2.75, 3.05) is 6.61 Å². The second-order valence-corrected chi connectivity index (χ2v) is 12.6. The Morgan fingerprint density at radius 3 is 2.19 bits per heavy atom. The minimum atomic E-state index is -1.80. The Bertz CT molecular complexity index is 446. The molecule has 0 aromatic heterocycles. The van der Waals surface area contributed by atoms with Gasteiger partial charge in [-0.1, -0.05) is 65.8 Å². The largest absolute Gasteiger partial charge is 0.413 e. The summed E-state index contributed by atoms with van der Waals surface area (Å²) in [6.45, 7) is 15.4. The molecule has 1 aromatic carbocycles. The van der Waals surface area contributed by atoms with Crippen molar-refractivity contribution in [3.63, 3.8) is 0 Å². The van der Waals surface area contributed by atoms with Crippen LogP contribution in [0, 0.1) is 0 Å². The van der Waals surface area contributed by atoms with Crippen LogP contribution in [0.25, 0.3) is 0 Å². The molecule has 0 amide bonds. The van der Waals surface area contributed by atoms with Crippen LogP contribution in [0.1, 0.15) is 58.8 Å². The van der Waals surface area contributed by atoms with Crippen LogP contribution >= 0.6 is 0 Å². The van der Waals surface area contributed by atoms with E-state index in [2.05, 4.69) is 65.8 Å². The first kappa shape index (κ1) is 16.7. The Labute approximate surface area is 131 Å². The molecule has 0 fully saturated rings. The first-order valence-electron chi connectivity index (χ1n) is 8.23. The molecule has 118 valence electrons. The van der Waals surface area contributed by atoms with E-state index < -0.39 is 8.32 Å². The maximum Gasteiger partial charge on any atom is 0.200 e. The van der Waals surface area contributed by atoms with Gasteiger partial charge in [0.2, 0.25) is 0 Å². The lowest BCUT2D eigenvalue weighted by Crippen LogP contribution is -2.48. The van der Waals surface area contributed by atoms with Gasteiger partial charge in [-0.05, 0) is 27.8 Å². The number of benzene rings is 1. The molecule has 0 spiro atoms. The molecule has 1 atom stereocenters. The summed E-state index contributed by atoms with van der Waals surface area (Å²) in [6, 6.07) is 8.52. The smallest absolute Gasteiger partial charge is 0.200 e. The minimum Gasteiger partial charge on any atom is -0.413 e. The molecular formula is C18H30O2Si. The molecule has 1 aromatic rings. The highest BCUT2D eigenvalue weighted by Crippen LogP contribution is 2.43. The van der Waals surface area contributed by atoms with Gasteiger partial charge in [0, 0.05) is 0 Å². The number of fused-ring (bicyclic) bond motifs is 1. The van der Waals surface area contributed by atoms with Gasteiger partial charge in [-0.2, -0.15) is 0 Å². The van der Waals surface area contributed by atoms with Gasteiger partial charge in [0.15, 0.2) is 8.32 Å². The standard InChI is InChI=1S/C18H30O2Si/c1-13(2)21(14(3)4,15(5)6)20-12-18-17-10-8-7-9-16(17)11-19-18/h7-10,13-15,18H,11-12H2,1-6H3. The van der Waals surface area contributed by atoms with E-state index in [1.165, 1.54) is 11.1 Å². The fourth-order valence-electron chi connectivity index (χ4n) is 4.12. The van der Waals surface area contributed by atoms with Crippen molar-refractivity contribution in [2.24, 2.45) is 0 Å². The van der Waals surface area contributed by atoms with Crippen LogP contribution in [0.2, 0.25) is 16.6 Å². The Kier molecular flexibility index (Phi) is 5.28. The Hall–Kier alpha value is -0.643. The summed E-state index contributed by atoms with van der Waals surface area (Å²) in [5, 5.41) is 0. The average molecular weight is 307 g/mol. The predicted octanol–water partition coefficient (Wildman–Crippen LogP) is 5.45. The van der Waals surface area contributed by atoms with E-state index in [9.17, 15) is 0 Å². The molecule has 0 saturated heterocycles. The molecule has 1 heterocycles. The van der Waals surface area contributed by atoms with Crippen LogP contribution in [0.3, 0.4) is 0 Å². The van der Waals surface area contributed by atoms with Gasteiger partial charge in [-0.15, -0.1) is 0 Å². The summed E-state index contributed by atoms with van der Waals surface area (Å²) in [5.41, 5.74) is 4.49. The van der Waals surface area contributed by atoms with E-state index >= 15 is 0 Å². The lowest BCUT2D eigenvalue weighted by atomic mass is 10.1. The zero-order valence-corrected chi connectivity index (χ0v) is 15.3. The molecule has 2 rings (SSSR count). The second-order valence-electron chi connectivity index (χ2n) is 7.13. The predicted molar refractivity (Wildman–Crippen MR) is 91.0 cm³/mol. The number of ether oxygens (including phenoxy) is 1. The number of hydrogen-bond acceptors (Lipinski definition) is 2. The summed E-state index contributed by atoms with van der Waals surface area (Å²) in [7, 11) is -1.80. The molecule has 1 unspecified atom stereocenters. The van der Waals surface area contributed by atoms with Gasteiger partial charge in [-0.25, -0.2) is 0 Å². The van der Waals surface area contributed by atoms with E-state index in [4.69, 9.17) is 9.16 Å². The molecule has 0 aliphatic carbocycles. The highest BCUT2D eigenvalue weighted by atomic mass is 28.4. The first-order valence-corrected chi connectivity index (χ1v) is 10.4. The minimum absolute atomic E-state index is 0.115. The van der Waals surface area contributed by atoms with E-state index in [-0.39, 0.29) is 6.10 Å². The third kappa shape index (κ3) is 3.10. The molecule has 1 aliphatic heterocycles. The van der Waals surface area contributed by atoms with Gasteiger partial charge in [0.1, 0.15) is 6.10 Å². The van der Waals surface area contributed by atoms with Crippen molar-refractivity contribution in [1.29, 1.82) is 0 Å². The van der Waals surface area contributed by atoms with Gasteiger partial charge in [-0.3, -0.25) is 0 Å². The van der Waals surface area contributed by atoms with Crippen LogP contribution in [-0.2, 0) is 15.8 Å². The zero-order chi connectivity index (χ0) is 15.6. The summed E-state index contributed by atoms with van der Waals surface area (Å²) in [6.07, 6.45) is 0.115. The third-order valence-electron chi connectivity index (χ3n) is 5.03. The summed E-state index contributed by atoms with van der Waals surface area (Å²) >= 11 is 0. The van der Waals surface area contributed by atoms with Crippen molar-refractivity contribution in [3.8, 4) is 0 Å². The normalized spacial score (nSPS) is 18.8. The fraction of sp³-hybridized carbons (Fsp3) is 0.667.